The average molecular weight is 273 g/mol. The van der Waals surface area contributed by atoms with Crippen LogP contribution < -0.4 is 10.2 Å². The molecule has 0 aromatic carbocycles. The van der Waals surface area contributed by atoms with Crippen LogP contribution in [-0.4, -0.2) is 27.9 Å². The Morgan fingerprint density at radius 2 is 2.15 bits per heavy atom. The Labute approximate surface area is 120 Å². The molecule has 5 nitrogen and oxygen atoms in total. The lowest BCUT2D eigenvalue weighted by molar-refractivity contribution is 0.581. The molecule has 0 radical (unpaired) electrons. The van der Waals surface area contributed by atoms with E-state index in [4.69, 9.17) is 0 Å². The van der Waals surface area contributed by atoms with Crippen LogP contribution in [0.15, 0.2) is 30.6 Å². The van der Waals surface area contributed by atoms with Crippen LogP contribution in [0.1, 0.15) is 25.1 Å². The van der Waals surface area contributed by atoms with Gasteiger partial charge in [-0.25, -0.2) is 4.98 Å². The zero-order valence-corrected chi connectivity index (χ0v) is 12.7. The van der Waals surface area contributed by atoms with E-state index in [-0.39, 0.29) is 0 Å². The van der Waals surface area contributed by atoms with Crippen molar-refractivity contribution in [1.82, 2.24) is 20.1 Å². The molecule has 0 spiro atoms. The van der Waals surface area contributed by atoms with E-state index in [0.29, 0.717) is 6.04 Å². The van der Waals surface area contributed by atoms with Gasteiger partial charge in [-0.2, -0.15) is 5.10 Å². The molecular formula is C15H23N5. The summed E-state index contributed by atoms with van der Waals surface area (Å²) in [6, 6.07) is 6.61. The molecule has 2 aromatic rings. The number of pyridine rings is 1. The molecule has 0 aliphatic carbocycles. The second-order valence-electron chi connectivity index (χ2n) is 5.40. The smallest absolute Gasteiger partial charge is 0.128 e. The maximum Gasteiger partial charge on any atom is 0.128 e. The summed E-state index contributed by atoms with van der Waals surface area (Å²) in [5.41, 5.74) is 2.25. The van der Waals surface area contributed by atoms with Crippen molar-refractivity contribution in [3.8, 4) is 0 Å². The van der Waals surface area contributed by atoms with Crippen molar-refractivity contribution in [2.75, 3.05) is 11.9 Å². The zero-order chi connectivity index (χ0) is 14.5. The van der Waals surface area contributed by atoms with E-state index in [0.717, 1.165) is 24.6 Å². The fourth-order valence-corrected chi connectivity index (χ4v) is 2.00. The van der Waals surface area contributed by atoms with Gasteiger partial charge in [0, 0.05) is 45.0 Å². The van der Waals surface area contributed by atoms with Crippen LogP contribution in [0.25, 0.3) is 0 Å². The minimum atomic E-state index is 0.466. The van der Waals surface area contributed by atoms with Crippen LogP contribution in [0.5, 0.6) is 0 Å². The molecule has 0 unspecified atom stereocenters. The second-order valence-corrected chi connectivity index (χ2v) is 5.40. The zero-order valence-electron chi connectivity index (χ0n) is 12.7. The number of aryl methyl sites for hydroxylation is 1. The van der Waals surface area contributed by atoms with E-state index in [1.54, 1.807) is 0 Å². The van der Waals surface area contributed by atoms with Crippen molar-refractivity contribution in [2.45, 2.75) is 33.0 Å². The molecule has 2 heterocycles. The van der Waals surface area contributed by atoms with E-state index in [1.165, 1.54) is 5.56 Å². The van der Waals surface area contributed by atoms with Gasteiger partial charge in [0.2, 0.25) is 0 Å². The average Bonchev–Trinajstić information content (AvgIpc) is 2.82. The predicted molar refractivity (Wildman–Crippen MR) is 81.5 cm³/mol. The first kappa shape index (κ1) is 14.5. The van der Waals surface area contributed by atoms with Gasteiger partial charge in [0.15, 0.2) is 0 Å². The van der Waals surface area contributed by atoms with E-state index in [9.17, 15) is 0 Å². The van der Waals surface area contributed by atoms with Crippen molar-refractivity contribution in [3.05, 3.63) is 41.9 Å². The van der Waals surface area contributed by atoms with Gasteiger partial charge >= 0.3 is 0 Å². The van der Waals surface area contributed by atoms with Crippen LogP contribution in [0.4, 0.5) is 5.82 Å². The van der Waals surface area contributed by atoms with Gasteiger partial charge in [-0.05, 0) is 12.1 Å². The van der Waals surface area contributed by atoms with Crippen LogP contribution in [0, 0.1) is 0 Å². The summed E-state index contributed by atoms with van der Waals surface area (Å²) in [5.74, 6) is 0.983. The maximum absolute atomic E-state index is 4.68. The maximum atomic E-state index is 4.68. The van der Waals surface area contributed by atoms with Crippen molar-refractivity contribution < 1.29 is 0 Å². The molecule has 0 fully saturated rings. The lowest BCUT2D eigenvalue weighted by Gasteiger charge is -2.18. The first-order valence-electron chi connectivity index (χ1n) is 6.92. The fourth-order valence-electron chi connectivity index (χ4n) is 2.00. The molecule has 2 rings (SSSR count). The number of aromatic nitrogens is 3. The molecule has 0 bridgehead atoms. The van der Waals surface area contributed by atoms with Crippen LogP contribution in [-0.2, 0) is 20.1 Å². The van der Waals surface area contributed by atoms with Gasteiger partial charge in [0.25, 0.3) is 0 Å². The van der Waals surface area contributed by atoms with Gasteiger partial charge < -0.3 is 10.2 Å². The number of hydrogen-bond acceptors (Lipinski definition) is 4. The summed E-state index contributed by atoms with van der Waals surface area (Å²) in [6.45, 7) is 5.88. The molecule has 108 valence electrons. The molecule has 0 saturated heterocycles. The second kappa shape index (κ2) is 6.52. The Bertz CT molecular complexity index is 547. The number of nitrogens with one attached hydrogen (secondary N) is 1. The Kier molecular flexibility index (Phi) is 4.74. The number of hydrogen-bond donors (Lipinski definition) is 1. The third-order valence-corrected chi connectivity index (χ3v) is 3.05. The van der Waals surface area contributed by atoms with Crippen molar-refractivity contribution in [3.63, 3.8) is 0 Å². The minimum Gasteiger partial charge on any atom is -0.355 e. The highest BCUT2D eigenvalue weighted by molar-refractivity contribution is 5.39. The first-order valence-corrected chi connectivity index (χ1v) is 6.92. The Morgan fingerprint density at radius 3 is 2.80 bits per heavy atom. The third-order valence-electron chi connectivity index (χ3n) is 3.05. The van der Waals surface area contributed by atoms with E-state index >= 15 is 0 Å². The van der Waals surface area contributed by atoms with Gasteiger partial charge in [-0.1, -0.05) is 19.9 Å². The summed E-state index contributed by atoms with van der Waals surface area (Å²) in [5, 5.41) is 7.58. The number of rotatable bonds is 6. The molecule has 20 heavy (non-hydrogen) atoms. The van der Waals surface area contributed by atoms with Gasteiger partial charge in [0.05, 0.1) is 11.9 Å². The Balaban J connectivity index is 2.02. The molecule has 1 N–H and O–H groups in total. The molecule has 0 saturated carbocycles. The van der Waals surface area contributed by atoms with E-state index in [2.05, 4.69) is 53.3 Å². The van der Waals surface area contributed by atoms with Gasteiger partial charge in [-0.3, -0.25) is 4.68 Å². The number of anilines is 1. The third kappa shape index (κ3) is 4.06. The fraction of sp³-hybridized carbons (Fsp3) is 0.467. The molecule has 0 atom stereocenters. The molecule has 0 aliphatic heterocycles. The normalized spacial score (nSPS) is 11.1. The monoisotopic (exact) mass is 273 g/mol. The summed E-state index contributed by atoms with van der Waals surface area (Å²) in [4.78, 5) is 6.82. The van der Waals surface area contributed by atoms with Crippen LogP contribution >= 0.6 is 0 Å². The standard InChI is InChI=1S/C15H23N5/c1-12(2)16-9-14-6-5-7-15(18-14)19(3)10-13-8-17-20(4)11-13/h5-8,11-12,16H,9-10H2,1-4H3. The van der Waals surface area contributed by atoms with Crippen molar-refractivity contribution in [2.24, 2.45) is 7.05 Å². The van der Waals surface area contributed by atoms with E-state index in [1.807, 2.05) is 30.2 Å². The van der Waals surface area contributed by atoms with Gasteiger partial charge in [0.1, 0.15) is 5.82 Å². The summed E-state index contributed by atoms with van der Waals surface area (Å²) >= 11 is 0. The van der Waals surface area contributed by atoms with Crippen LogP contribution in [0.3, 0.4) is 0 Å². The topological polar surface area (TPSA) is 46.0 Å². The highest BCUT2D eigenvalue weighted by atomic mass is 15.2. The lowest BCUT2D eigenvalue weighted by Crippen LogP contribution is -2.23. The molecule has 5 heteroatoms. The summed E-state index contributed by atoms with van der Waals surface area (Å²) in [6.07, 6.45) is 3.92. The lowest BCUT2D eigenvalue weighted by atomic mass is 10.3. The first-order chi connectivity index (χ1) is 9.54. The van der Waals surface area contributed by atoms with Gasteiger partial charge in [-0.15, -0.1) is 0 Å². The SMILES string of the molecule is CC(C)NCc1cccc(N(C)Cc2cnn(C)c2)n1. The Morgan fingerprint density at radius 1 is 1.35 bits per heavy atom. The molecule has 0 amide bonds. The largest absolute Gasteiger partial charge is 0.355 e. The highest BCUT2D eigenvalue weighted by Crippen LogP contribution is 2.13. The Hall–Kier alpha value is -1.88. The summed E-state index contributed by atoms with van der Waals surface area (Å²) < 4.78 is 1.82. The van der Waals surface area contributed by atoms with E-state index < -0.39 is 0 Å². The summed E-state index contributed by atoms with van der Waals surface area (Å²) in [7, 11) is 3.98. The minimum absolute atomic E-state index is 0.466. The number of nitrogens with zero attached hydrogens (tertiary/aromatic N) is 4. The van der Waals surface area contributed by atoms with Crippen LogP contribution in [0.2, 0.25) is 0 Å². The van der Waals surface area contributed by atoms with Crippen molar-refractivity contribution in [1.29, 1.82) is 0 Å². The van der Waals surface area contributed by atoms with Crippen molar-refractivity contribution >= 4 is 5.82 Å². The predicted octanol–water partition coefficient (Wildman–Crippen LogP) is 1.95. The molecule has 2 aromatic heterocycles. The quantitative estimate of drug-likeness (QED) is 0.874. The highest BCUT2D eigenvalue weighted by Gasteiger charge is 2.06. The molecule has 0 aliphatic rings. The molecular weight excluding hydrogens is 250 g/mol.